The first-order chi connectivity index (χ1) is 10.8. The van der Waals surface area contributed by atoms with Gasteiger partial charge in [-0.2, -0.15) is 5.10 Å². The molecule has 0 atom stereocenters. The van der Waals surface area contributed by atoms with Gasteiger partial charge in [0.05, 0.1) is 11.8 Å². The van der Waals surface area contributed by atoms with Gasteiger partial charge in [0.25, 0.3) is 5.91 Å². The highest BCUT2D eigenvalue weighted by Crippen LogP contribution is 2.20. The molecule has 2 aromatic rings. The maximum atomic E-state index is 12.4. The lowest BCUT2D eigenvalue weighted by molar-refractivity contribution is 0.0744. The highest BCUT2D eigenvalue weighted by Gasteiger charge is 2.21. The van der Waals surface area contributed by atoms with Gasteiger partial charge in [0, 0.05) is 25.8 Å². The van der Waals surface area contributed by atoms with Crippen molar-refractivity contribution < 1.29 is 4.79 Å². The van der Waals surface area contributed by atoms with Crippen molar-refractivity contribution >= 4 is 12.0 Å². The zero-order valence-corrected chi connectivity index (χ0v) is 12.9. The number of carbonyl (C=O) groups excluding carboxylic acids is 1. The number of benzene rings is 1. The first-order valence-corrected chi connectivity index (χ1v) is 7.82. The normalized spacial score (nSPS) is 15.0. The Bertz CT molecular complexity index is 663. The van der Waals surface area contributed by atoms with Crippen LogP contribution in [0.15, 0.2) is 48.3 Å². The van der Waals surface area contributed by atoms with E-state index >= 15 is 0 Å². The Morgan fingerprint density at radius 3 is 2.59 bits per heavy atom. The second kappa shape index (κ2) is 6.60. The smallest absolute Gasteiger partial charge is 0.257 e. The summed E-state index contributed by atoms with van der Waals surface area (Å²) in [4.78, 5) is 14.4. The van der Waals surface area contributed by atoms with E-state index in [1.54, 1.807) is 10.9 Å². The van der Waals surface area contributed by atoms with Gasteiger partial charge in [-0.05, 0) is 25.3 Å². The highest BCUT2D eigenvalue weighted by atomic mass is 16.2. The second-order valence-electron chi connectivity index (χ2n) is 5.59. The van der Waals surface area contributed by atoms with Crippen LogP contribution in [-0.2, 0) is 6.54 Å². The fourth-order valence-electron chi connectivity index (χ4n) is 2.76. The lowest BCUT2D eigenvalue weighted by Gasteiger charge is -2.28. The van der Waals surface area contributed by atoms with Crippen molar-refractivity contribution in [3.05, 3.63) is 59.4 Å². The predicted octanol–water partition coefficient (Wildman–Crippen LogP) is 3.22. The van der Waals surface area contributed by atoms with Gasteiger partial charge in [0.1, 0.15) is 0 Å². The van der Waals surface area contributed by atoms with Crippen LogP contribution in [0.4, 0.5) is 0 Å². The lowest BCUT2D eigenvalue weighted by atomic mass is 10.0. The topological polar surface area (TPSA) is 38.1 Å². The van der Waals surface area contributed by atoms with E-state index < -0.39 is 0 Å². The van der Waals surface area contributed by atoms with E-state index in [1.165, 1.54) is 11.1 Å². The van der Waals surface area contributed by atoms with Crippen LogP contribution in [0.3, 0.4) is 0 Å². The summed E-state index contributed by atoms with van der Waals surface area (Å²) in [6.07, 6.45) is 7.64. The van der Waals surface area contributed by atoms with Crippen LogP contribution < -0.4 is 0 Å². The summed E-state index contributed by atoms with van der Waals surface area (Å²) in [5, 5.41) is 4.18. The van der Waals surface area contributed by atoms with Gasteiger partial charge in [-0.3, -0.25) is 9.48 Å². The summed E-state index contributed by atoms with van der Waals surface area (Å²) in [5.74, 6) is 0.0958. The monoisotopic (exact) mass is 295 g/mol. The average Bonchev–Trinajstić information content (AvgIpc) is 3.05. The predicted molar refractivity (Wildman–Crippen MR) is 87.5 cm³/mol. The van der Waals surface area contributed by atoms with Crippen molar-refractivity contribution in [3.63, 3.8) is 0 Å². The Balaban J connectivity index is 1.62. The fraction of sp³-hybridized carbons (Fsp3) is 0.333. The number of nitrogens with zero attached hydrogens (tertiary/aromatic N) is 3. The molecule has 3 rings (SSSR count). The van der Waals surface area contributed by atoms with E-state index in [4.69, 9.17) is 0 Å². The number of hydrogen-bond acceptors (Lipinski definition) is 2. The molecule has 22 heavy (non-hydrogen) atoms. The standard InChI is InChI=1S/C18H21N3O/c1-2-21-14-17(13-19-21)18(22)20-10-8-16(9-11-20)12-15-6-4-3-5-7-15/h3-7,12-14H,2,8-11H2,1H3. The summed E-state index contributed by atoms with van der Waals surface area (Å²) in [6.45, 7) is 4.38. The molecule has 114 valence electrons. The molecular weight excluding hydrogens is 274 g/mol. The minimum atomic E-state index is 0.0958. The third-order valence-corrected chi connectivity index (χ3v) is 4.07. The zero-order valence-electron chi connectivity index (χ0n) is 12.9. The van der Waals surface area contributed by atoms with Crippen LogP contribution in [0, 0.1) is 0 Å². The van der Waals surface area contributed by atoms with E-state index in [-0.39, 0.29) is 5.91 Å². The van der Waals surface area contributed by atoms with Crippen LogP contribution in [-0.4, -0.2) is 33.7 Å². The van der Waals surface area contributed by atoms with Crippen LogP contribution in [0.1, 0.15) is 35.7 Å². The van der Waals surface area contributed by atoms with Crippen molar-refractivity contribution in [3.8, 4) is 0 Å². The molecule has 1 fully saturated rings. The molecule has 0 aliphatic carbocycles. The summed E-state index contributed by atoms with van der Waals surface area (Å²) in [5.41, 5.74) is 3.35. The summed E-state index contributed by atoms with van der Waals surface area (Å²) < 4.78 is 1.79. The molecule has 0 bridgehead atoms. The molecule has 1 aliphatic heterocycles. The molecule has 0 saturated carbocycles. The number of likely N-dealkylation sites (tertiary alicyclic amines) is 1. The van der Waals surface area contributed by atoms with Gasteiger partial charge in [0.2, 0.25) is 0 Å². The second-order valence-corrected chi connectivity index (χ2v) is 5.59. The highest BCUT2D eigenvalue weighted by molar-refractivity contribution is 5.93. The van der Waals surface area contributed by atoms with Gasteiger partial charge >= 0.3 is 0 Å². The van der Waals surface area contributed by atoms with E-state index in [2.05, 4.69) is 35.4 Å². The summed E-state index contributed by atoms with van der Waals surface area (Å²) in [6, 6.07) is 10.4. The minimum Gasteiger partial charge on any atom is -0.338 e. The Hall–Kier alpha value is -2.36. The van der Waals surface area contributed by atoms with Crippen LogP contribution in [0.5, 0.6) is 0 Å². The third kappa shape index (κ3) is 3.27. The van der Waals surface area contributed by atoms with Crippen molar-refractivity contribution in [1.82, 2.24) is 14.7 Å². The van der Waals surface area contributed by atoms with Crippen molar-refractivity contribution in [1.29, 1.82) is 0 Å². The average molecular weight is 295 g/mol. The molecule has 4 nitrogen and oxygen atoms in total. The largest absolute Gasteiger partial charge is 0.338 e. The molecule has 1 aliphatic rings. The maximum absolute atomic E-state index is 12.4. The number of aromatic nitrogens is 2. The molecule has 0 N–H and O–H groups in total. The number of carbonyl (C=O) groups is 1. The number of rotatable bonds is 3. The van der Waals surface area contributed by atoms with Gasteiger partial charge in [0.15, 0.2) is 0 Å². The van der Waals surface area contributed by atoms with E-state index in [0.29, 0.717) is 5.56 Å². The number of amides is 1. The van der Waals surface area contributed by atoms with Crippen LogP contribution in [0.2, 0.25) is 0 Å². The first kappa shape index (κ1) is 14.6. The Kier molecular flexibility index (Phi) is 4.37. The number of piperidine rings is 1. The molecule has 0 unspecified atom stereocenters. The van der Waals surface area contributed by atoms with E-state index in [9.17, 15) is 4.79 Å². The first-order valence-electron chi connectivity index (χ1n) is 7.82. The molecule has 2 heterocycles. The fourth-order valence-corrected chi connectivity index (χ4v) is 2.76. The maximum Gasteiger partial charge on any atom is 0.257 e. The van der Waals surface area contributed by atoms with Crippen molar-refractivity contribution in [2.75, 3.05) is 13.1 Å². The van der Waals surface area contributed by atoms with Gasteiger partial charge in [-0.1, -0.05) is 42.0 Å². The Morgan fingerprint density at radius 1 is 1.23 bits per heavy atom. The Morgan fingerprint density at radius 2 is 1.95 bits per heavy atom. The van der Waals surface area contributed by atoms with Crippen molar-refractivity contribution in [2.24, 2.45) is 0 Å². The summed E-state index contributed by atoms with van der Waals surface area (Å²) >= 11 is 0. The quantitative estimate of drug-likeness (QED) is 0.872. The zero-order chi connectivity index (χ0) is 15.4. The Labute approximate surface area is 131 Å². The molecule has 1 aromatic carbocycles. The van der Waals surface area contributed by atoms with E-state index in [1.807, 2.05) is 24.1 Å². The number of aryl methyl sites for hydroxylation is 1. The molecule has 1 saturated heterocycles. The van der Waals surface area contributed by atoms with Crippen molar-refractivity contribution in [2.45, 2.75) is 26.3 Å². The molecule has 1 amide bonds. The SMILES string of the molecule is CCn1cc(C(=O)N2CCC(=Cc3ccccc3)CC2)cn1. The molecular formula is C18H21N3O. The van der Waals surface area contributed by atoms with Gasteiger partial charge in [-0.25, -0.2) is 0 Å². The van der Waals surface area contributed by atoms with Crippen LogP contribution in [0.25, 0.3) is 6.08 Å². The van der Waals surface area contributed by atoms with Crippen LogP contribution >= 0.6 is 0 Å². The lowest BCUT2D eigenvalue weighted by Crippen LogP contribution is -2.36. The van der Waals surface area contributed by atoms with Gasteiger partial charge < -0.3 is 4.90 Å². The molecule has 0 radical (unpaired) electrons. The summed E-state index contributed by atoms with van der Waals surface area (Å²) in [7, 11) is 0. The van der Waals surface area contributed by atoms with E-state index in [0.717, 1.165) is 32.5 Å². The third-order valence-electron chi connectivity index (χ3n) is 4.07. The molecule has 1 aromatic heterocycles. The number of hydrogen-bond donors (Lipinski definition) is 0. The minimum absolute atomic E-state index is 0.0958. The van der Waals surface area contributed by atoms with Gasteiger partial charge in [-0.15, -0.1) is 0 Å². The molecule has 4 heteroatoms. The molecule has 0 spiro atoms.